The van der Waals surface area contributed by atoms with E-state index in [1.807, 2.05) is 0 Å². The van der Waals surface area contributed by atoms with Gasteiger partial charge in [0.05, 0.1) is 18.5 Å². The van der Waals surface area contributed by atoms with Crippen molar-refractivity contribution in [2.75, 3.05) is 6.61 Å². The molecule has 0 saturated heterocycles. The van der Waals surface area contributed by atoms with Crippen molar-refractivity contribution in [2.45, 2.75) is 11.7 Å². The lowest BCUT2D eigenvalue weighted by molar-refractivity contribution is 0.0389. The molecule has 0 aromatic heterocycles. The molecule has 0 rings (SSSR count). The molecule has 2 atom stereocenters. The summed E-state index contributed by atoms with van der Waals surface area (Å²) in [7, 11) is 0. The standard InChI is InChI=1S/C3H6Cl2O3.CH4N2O/c4-3(8-5)2(7)1-6;2-1(3)4/h2-3,6-7H,1H2;(H4,2,3,4). The Hall–Kier alpha value is -0.270. The number of urea groups is 1. The zero-order chi connectivity index (χ0) is 10.1. The third kappa shape index (κ3) is 12.4. The molecule has 8 heteroatoms. The molecule has 0 aromatic rings. The number of aliphatic hydroxyl groups is 2. The SMILES string of the molecule is NC(N)=O.OCC(O)C(Cl)OCl. The van der Waals surface area contributed by atoms with Crippen molar-refractivity contribution < 1.29 is 19.3 Å². The molecule has 6 nitrogen and oxygen atoms in total. The normalized spacial score (nSPS) is 14.0. The fourth-order valence-electron chi connectivity index (χ4n) is 0.142. The summed E-state index contributed by atoms with van der Waals surface area (Å²) in [5, 5.41) is 16.7. The van der Waals surface area contributed by atoms with Crippen molar-refractivity contribution in [1.82, 2.24) is 0 Å². The van der Waals surface area contributed by atoms with Crippen molar-refractivity contribution in [2.24, 2.45) is 11.5 Å². The summed E-state index contributed by atoms with van der Waals surface area (Å²) in [6.45, 7) is -0.457. The Labute approximate surface area is 79.2 Å². The van der Waals surface area contributed by atoms with Crippen molar-refractivity contribution in [3.63, 3.8) is 0 Å². The molecule has 0 aliphatic rings. The highest BCUT2D eigenvalue weighted by atomic mass is 35.5. The van der Waals surface area contributed by atoms with Crippen LogP contribution in [0.4, 0.5) is 4.79 Å². The highest BCUT2D eigenvalue weighted by Crippen LogP contribution is 2.05. The molecule has 0 spiro atoms. The molecule has 0 aromatic carbocycles. The predicted octanol–water partition coefficient (Wildman–Crippen LogP) is -0.901. The van der Waals surface area contributed by atoms with E-state index >= 15 is 0 Å². The van der Waals surface area contributed by atoms with E-state index < -0.39 is 24.3 Å². The number of carbonyl (C=O) groups is 1. The van der Waals surface area contributed by atoms with Gasteiger partial charge in [-0.05, 0) is 0 Å². The molecule has 0 saturated carbocycles. The van der Waals surface area contributed by atoms with Crippen molar-refractivity contribution in [3.8, 4) is 0 Å². The van der Waals surface area contributed by atoms with Gasteiger partial charge in [-0.25, -0.2) is 4.79 Å². The highest BCUT2D eigenvalue weighted by molar-refractivity contribution is 6.22. The zero-order valence-corrected chi connectivity index (χ0v) is 7.50. The van der Waals surface area contributed by atoms with E-state index in [1.165, 1.54) is 0 Å². The minimum absolute atomic E-state index is 0.457. The van der Waals surface area contributed by atoms with Crippen LogP contribution in [-0.2, 0) is 4.29 Å². The molecule has 2 amide bonds. The number of primary amides is 2. The van der Waals surface area contributed by atoms with Gasteiger partial charge in [0.25, 0.3) is 0 Å². The molecule has 0 heterocycles. The van der Waals surface area contributed by atoms with E-state index in [4.69, 9.17) is 38.5 Å². The summed E-state index contributed by atoms with van der Waals surface area (Å²) in [5.41, 5.74) is 7.46. The van der Waals surface area contributed by atoms with Crippen LogP contribution in [-0.4, -0.2) is 34.5 Å². The van der Waals surface area contributed by atoms with Crippen LogP contribution >= 0.6 is 23.5 Å². The average molecular weight is 221 g/mol. The van der Waals surface area contributed by atoms with Gasteiger partial charge in [-0.2, -0.15) is 0 Å². The van der Waals surface area contributed by atoms with Crippen LogP contribution < -0.4 is 11.5 Å². The lowest BCUT2D eigenvalue weighted by Crippen LogP contribution is -2.24. The minimum atomic E-state index is -1.12. The Morgan fingerprint density at radius 1 is 1.58 bits per heavy atom. The van der Waals surface area contributed by atoms with Crippen molar-refractivity contribution in [1.29, 1.82) is 0 Å². The monoisotopic (exact) mass is 220 g/mol. The second-order valence-corrected chi connectivity index (χ2v) is 2.20. The van der Waals surface area contributed by atoms with Gasteiger partial charge in [0.2, 0.25) is 0 Å². The number of halogens is 2. The predicted molar refractivity (Wildman–Crippen MR) is 43.4 cm³/mol. The number of rotatable bonds is 3. The number of nitrogens with two attached hydrogens (primary N) is 2. The Kier molecular flexibility index (Phi) is 10.5. The zero-order valence-electron chi connectivity index (χ0n) is 5.98. The molecular weight excluding hydrogens is 211 g/mol. The fraction of sp³-hybridized carbons (Fsp3) is 0.750. The van der Waals surface area contributed by atoms with Crippen LogP contribution in [0, 0.1) is 0 Å². The van der Waals surface area contributed by atoms with Gasteiger partial charge in [-0.3, -0.25) is 4.29 Å². The first kappa shape index (κ1) is 14.3. The Morgan fingerprint density at radius 2 is 1.92 bits per heavy atom. The second kappa shape index (κ2) is 8.82. The van der Waals surface area contributed by atoms with Crippen LogP contribution in [0.5, 0.6) is 0 Å². The maximum Gasteiger partial charge on any atom is 0.309 e. The highest BCUT2D eigenvalue weighted by Gasteiger charge is 2.14. The smallest absolute Gasteiger partial charge is 0.309 e. The van der Waals surface area contributed by atoms with E-state index in [1.54, 1.807) is 0 Å². The van der Waals surface area contributed by atoms with Crippen molar-refractivity contribution in [3.05, 3.63) is 0 Å². The van der Waals surface area contributed by atoms with E-state index in [-0.39, 0.29) is 0 Å². The lowest BCUT2D eigenvalue weighted by atomic mass is 10.4. The third-order valence-electron chi connectivity index (χ3n) is 0.575. The Bertz CT molecular complexity index is 114. The minimum Gasteiger partial charge on any atom is -0.394 e. The summed E-state index contributed by atoms with van der Waals surface area (Å²) in [4.78, 5) is 9.00. The van der Waals surface area contributed by atoms with Crippen LogP contribution in [0.1, 0.15) is 0 Å². The summed E-state index contributed by atoms with van der Waals surface area (Å²) in [6.07, 6.45) is -1.12. The fourth-order valence-corrected chi connectivity index (χ4v) is 0.341. The van der Waals surface area contributed by atoms with Gasteiger partial charge < -0.3 is 21.7 Å². The molecule has 6 N–H and O–H groups in total. The van der Waals surface area contributed by atoms with E-state index in [2.05, 4.69) is 15.8 Å². The Balaban J connectivity index is 0. The number of alkyl halides is 1. The van der Waals surface area contributed by atoms with Crippen LogP contribution in [0.2, 0.25) is 0 Å². The first-order valence-electron chi connectivity index (χ1n) is 2.71. The van der Waals surface area contributed by atoms with E-state index in [9.17, 15) is 0 Å². The number of carbonyl (C=O) groups excluding carboxylic acids is 1. The molecule has 0 aliphatic heterocycles. The summed E-state index contributed by atoms with van der Waals surface area (Å²) in [5.74, 6) is 0. The quantitative estimate of drug-likeness (QED) is 0.461. The van der Waals surface area contributed by atoms with Gasteiger partial charge in [-0.1, -0.05) is 11.6 Å². The first-order valence-corrected chi connectivity index (χ1v) is 3.45. The summed E-state index contributed by atoms with van der Waals surface area (Å²) in [6, 6.07) is -0.833. The molecule has 0 aliphatic carbocycles. The van der Waals surface area contributed by atoms with Crippen LogP contribution in [0.3, 0.4) is 0 Å². The molecule has 0 radical (unpaired) electrons. The lowest BCUT2D eigenvalue weighted by Gasteiger charge is -2.08. The molecule has 0 bridgehead atoms. The summed E-state index contributed by atoms with van der Waals surface area (Å²) < 4.78 is 3.93. The number of hydrogen-bond acceptors (Lipinski definition) is 4. The summed E-state index contributed by atoms with van der Waals surface area (Å²) >= 11 is 9.87. The second-order valence-electron chi connectivity index (χ2n) is 1.59. The van der Waals surface area contributed by atoms with Crippen LogP contribution in [0.25, 0.3) is 0 Å². The van der Waals surface area contributed by atoms with E-state index in [0.29, 0.717) is 0 Å². The van der Waals surface area contributed by atoms with Gasteiger partial charge in [-0.15, -0.1) is 0 Å². The molecular formula is C4H10Cl2N2O4. The topological polar surface area (TPSA) is 119 Å². The molecule has 2 unspecified atom stereocenters. The third-order valence-corrected chi connectivity index (χ3v) is 1.24. The molecule has 12 heavy (non-hydrogen) atoms. The number of hydrogen-bond donors (Lipinski definition) is 4. The maximum absolute atomic E-state index is 9.00. The van der Waals surface area contributed by atoms with Crippen LogP contribution in [0.15, 0.2) is 0 Å². The number of amides is 2. The average Bonchev–Trinajstić information content (AvgIpc) is 2.00. The molecule has 74 valence electrons. The van der Waals surface area contributed by atoms with Crippen molar-refractivity contribution >= 4 is 29.5 Å². The molecule has 0 fully saturated rings. The largest absolute Gasteiger partial charge is 0.394 e. The first-order chi connectivity index (χ1) is 5.45. The number of aliphatic hydroxyl groups excluding tert-OH is 2. The maximum atomic E-state index is 9.00. The van der Waals surface area contributed by atoms with E-state index in [0.717, 1.165) is 0 Å². The van der Waals surface area contributed by atoms with Gasteiger partial charge >= 0.3 is 6.03 Å². The van der Waals surface area contributed by atoms with Gasteiger partial charge in [0.1, 0.15) is 6.10 Å². The Morgan fingerprint density at radius 3 is 2.00 bits per heavy atom. The van der Waals surface area contributed by atoms with Gasteiger partial charge in [0.15, 0.2) is 5.56 Å². The van der Waals surface area contributed by atoms with Gasteiger partial charge in [0, 0.05) is 0 Å².